The van der Waals surface area contributed by atoms with Gasteiger partial charge in [-0.3, -0.25) is 16.5 Å². The van der Waals surface area contributed by atoms with Crippen LogP contribution in [0.15, 0.2) is 0 Å². The lowest BCUT2D eigenvalue weighted by Gasteiger charge is -1.83. The fraction of sp³-hybridized carbons (Fsp3) is 0. The third-order valence-electron chi connectivity index (χ3n) is 0. The lowest BCUT2D eigenvalue weighted by Crippen LogP contribution is -2.05. The second-order valence-electron chi connectivity index (χ2n) is 0.447. The van der Waals surface area contributed by atoms with E-state index in [1.807, 2.05) is 0 Å². The highest BCUT2D eigenvalue weighted by Gasteiger charge is 1.65. The molecule has 0 radical (unpaired) electrons. The predicted molar refractivity (Wildman–Crippen MR) is 19.5 cm³/mol. The topological polar surface area (TPSA) is 78.1 Å². The van der Waals surface area contributed by atoms with Gasteiger partial charge in [0.15, 0.2) is 0 Å². The van der Waals surface area contributed by atoms with Gasteiger partial charge in [-0.2, -0.15) is 0 Å². The minimum Gasteiger partial charge on any atom is -0.285 e. The molecule has 0 rings (SSSR count). The normalized spacial score (nSPS) is 9.00. The molecule has 0 spiro atoms. The molecule has 0 saturated carbocycles. The van der Waals surface area contributed by atoms with E-state index in [0.717, 1.165) is 0 Å². The zero-order valence-corrected chi connectivity index (χ0v) is 3.07. The van der Waals surface area contributed by atoms with Crippen LogP contribution in [0.25, 0.3) is 0 Å². The molecule has 0 amide bonds. The van der Waals surface area contributed by atoms with Gasteiger partial charge in [-0.25, -0.2) is 0 Å². The minimum absolute atomic E-state index is 1.12. The van der Waals surface area contributed by atoms with Gasteiger partial charge in [-0.15, -0.1) is 0 Å². The second kappa shape index (κ2) is 1.61. The first-order chi connectivity index (χ1) is 1.73. The Bertz CT molecular complexity index is 8.00. The molecule has 3 nitrogen and oxygen atoms in total. The molecule has 0 heterocycles. The molecule has 0 atom stereocenters. The summed E-state index contributed by atoms with van der Waals surface area (Å²) in [7, 11) is -1.12. The standard InChI is InChI=1S/H6N3P/c1-4(2)3/h1-3H2. The molecule has 0 unspecified atom stereocenters. The maximum atomic E-state index is 4.73. The predicted octanol–water partition coefficient (Wildman–Crippen LogP) is -0.911. The van der Waals surface area contributed by atoms with Gasteiger partial charge in [0, 0.05) is 0 Å². The smallest absolute Gasteiger partial charge is 0.103 e. The van der Waals surface area contributed by atoms with Crippen molar-refractivity contribution in [3.8, 4) is 0 Å². The Morgan fingerprint density at radius 3 is 1.00 bits per heavy atom. The van der Waals surface area contributed by atoms with Crippen molar-refractivity contribution in [3.63, 3.8) is 0 Å². The number of hydrogen-bond donors (Lipinski definition) is 3. The fourth-order valence-corrected chi connectivity index (χ4v) is 0. The van der Waals surface area contributed by atoms with Crippen LogP contribution in [-0.4, -0.2) is 0 Å². The third kappa shape index (κ3) is 41.3. The van der Waals surface area contributed by atoms with E-state index in [1.165, 1.54) is 0 Å². The molecule has 0 fully saturated rings. The Labute approximate surface area is 26.1 Å². The highest BCUT2D eigenvalue weighted by Crippen LogP contribution is 1.89. The van der Waals surface area contributed by atoms with E-state index in [2.05, 4.69) is 0 Å². The summed E-state index contributed by atoms with van der Waals surface area (Å²) in [6, 6.07) is 0. The molecule has 0 aliphatic rings. The average molecular weight is 79.0 g/mol. The van der Waals surface area contributed by atoms with E-state index in [-0.39, 0.29) is 0 Å². The number of hydrogen-bond acceptors (Lipinski definition) is 3. The van der Waals surface area contributed by atoms with Gasteiger partial charge in [0.05, 0.1) is 0 Å². The van der Waals surface area contributed by atoms with Crippen molar-refractivity contribution >= 4 is 8.37 Å². The van der Waals surface area contributed by atoms with Crippen molar-refractivity contribution in [2.75, 3.05) is 0 Å². The van der Waals surface area contributed by atoms with E-state index in [9.17, 15) is 0 Å². The van der Waals surface area contributed by atoms with Crippen LogP contribution in [0.4, 0.5) is 0 Å². The SMILES string of the molecule is NP(N)N. The minimum atomic E-state index is -1.12. The lowest BCUT2D eigenvalue weighted by molar-refractivity contribution is 1.69. The van der Waals surface area contributed by atoms with Crippen molar-refractivity contribution in [3.05, 3.63) is 0 Å². The van der Waals surface area contributed by atoms with Crippen molar-refractivity contribution in [2.45, 2.75) is 0 Å². The molecule has 6 N–H and O–H groups in total. The first-order valence-corrected chi connectivity index (χ1v) is 2.32. The maximum absolute atomic E-state index is 4.73. The van der Waals surface area contributed by atoms with E-state index in [1.54, 1.807) is 0 Å². The largest absolute Gasteiger partial charge is 0.285 e. The molecule has 4 heteroatoms. The molecule has 0 aromatic carbocycles. The molecule has 26 valence electrons. The summed E-state index contributed by atoms with van der Waals surface area (Å²) in [5.74, 6) is 0. The highest BCUT2D eigenvalue weighted by atomic mass is 31.1. The quantitative estimate of drug-likeness (QED) is 0.329. The van der Waals surface area contributed by atoms with Gasteiger partial charge >= 0.3 is 0 Å². The number of rotatable bonds is 0. The van der Waals surface area contributed by atoms with Crippen LogP contribution in [0.3, 0.4) is 0 Å². The van der Waals surface area contributed by atoms with Crippen LogP contribution in [0.1, 0.15) is 0 Å². The summed E-state index contributed by atoms with van der Waals surface area (Å²) in [5, 5.41) is 0. The molecule has 0 bridgehead atoms. The number of nitrogens with two attached hydrogens (primary N) is 3. The van der Waals surface area contributed by atoms with Crippen LogP contribution in [0.5, 0.6) is 0 Å². The zero-order valence-electron chi connectivity index (χ0n) is 2.18. The molecule has 0 aliphatic heterocycles. The first-order valence-electron chi connectivity index (χ1n) is 0.775. The van der Waals surface area contributed by atoms with Gasteiger partial charge in [0.1, 0.15) is 8.37 Å². The van der Waals surface area contributed by atoms with E-state index < -0.39 is 8.37 Å². The molecule has 0 aliphatic carbocycles. The van der Waals surface area contributed by atoms with Crippen molar-refractivity contribution in [1.29, 1.82) is 0 Å². The van der Waals surface area contributed by atoms with Gasteiger partial charge in [-0.05, 0) is 0 Å². The van der Waals surface area contributed by atoms with Crippen LogP contribution in [0, 0.1) is 0 Å². The van der Waals surface area contributed by atoms with Crippen LogP contribution < -0.4 is 16.5 Å². The van der Waals surface area contributed by atoms with Crippen molar-refractivity contribution < 1.29 is 0 Å². The third-order valence-corrected chi connectivity index (χ3v) is 0. The maximum Gasteiger partial charge on any atom is 0.103 e. The monoisotopic (exact) mass is 79.0 g/mol. The van der Waals surface area contributed by atoms with E-state index >= 15 is 0 Å². The van der Waals surface area contributed by atoms with E-state index in [0.29, 0.717) is 0 Å². The molecular formula is H6N3P. The van der Waals surface area contributed by atoms with Crippen LogP contribution in [0.2, 0.25) is 0 Å². The van der Waals surface area contributed by atoms with Crippen LogP contribution in [-0.2, 0) is 0 Å². The fourth-order valence-electron chi connectivity index (χ4n) is 0. The van der Waals surface area contributed by atoms with Gasteiger partial charge in [-0.1, -0.05) is 0 Å². The Morgan fingerprint density at radius 1 is 1.00 bits per heavy atom. The highest BCUT2D eigenvalue weighted by molar-refractivity contribution is 7.49. The van der Waals surface area contributed by atoms with Gasteiger partial charge < -0.3 is 0 Å². The second-order valence-corrected chi connectivity index (χ2v) is 1.34. The Morgan fingerprint density at radius 2 is 1.00 bits per heavy atom. The average Bonchev–Trinajstić information content (AvgIpc) is 0.811. The summed E-state index contributed by atoms with van der Waals surface area (Å²) in [5.41, 5.74) is 14.2. The molecule has 0 aromatic heterocycles. The molecule has 4 heavy (non-hydrogen) atoms. The van der Waals surface area contributed by atoms with Crippen LogP contribution >= 0.6 is 8.37 Å². The molecule has 0 aromatic rings. The van der Waals surface area contributed by atoms with Gasteiger partial charge in [0.2, 0.25) is 0 Å². The molecular weight excluding hydrogens is 73.0 g/mol. The summed E-state index contributed by atoms with van der Waals surface area (Å²) >= 11 is 0. The lowest BCUT2D eigenvalue weighted by atomic mass is 13.8. The van der Waals surface area contributed by atoms with E-state index in [4.69, 9.17) is 16.5 Å². The summed E-state index contributed by atoms with van der Waals surface area (Å²) in [4.78, 5) is 0. The Hall–Kier alpha value is 0.310. The Balaban J connectivity index is 2.32. The van der Waals surface area contributed by atoms with Gasteiger partial charge in [0.25, 0.3) is 0 Å². The molecule has 0 saturated heterocycles. The van der Waals surface area contributed by atoms with Crippen molar-refractivity contribution in [2.24, 2.45) is 16.5 Å². The first kappa shape index (κ1) is 4.31. The zero-order chi connectivity index (χ0) is 3.58. The summed E-state index contributed by atoms with van der Waals surface area (Å²) in [6.45, 7) is 0. The van der Waals surface area contributed by atoms with Crippen molar-refractivity contribution in [1.82, 2.24) is 0 Å². The summed E-state index contributed by atoms with van der Waals surface area (Å²) < 4.78 is 0. The summed E-state index contributed by atoms with van der Waals surface area (Å²) in [6.07, 6.45) is 0. The Kier molecular flexibility index (Phi) is 1.74.